The van der Waals surface area contributed by atoms with E-state index in [1.165, 1.54) is 0 Å². The second kappa shape index (κ2) is 10.6. The first-order chi connectivity index (χ1) is 19.0. The maximum absolute atomic E-state index is 14.0. The Hall–Kier alpha value is -3.99. The molecular weight excluding hydrogens is 514 g/mol. The number of nitrogens with zero attached hydrogens (tertiary/aromatic N) is 4. The molecule has 3 aromatic heterocycles. The van der Waals surface area contributed by atoms with Crippen molar-refractivity contribution in [2.24, 2.45) is 5.41 Å². The van der Waals surface area contributed by atoms with Crippen molar-refractivity contribution in [1.82, 2.24) is 35.5 Å². The molecule has 1 fully saturated rings. The zero-order valence-electron chi connectivity index (χ0n) is 21.6. The highest BCUT2D eigenvalue weighted by Crippen LogP contribution is 2.36. The number of carbonyl (C=O) groups excluding carboxylic acids is 3. The molecule has 3 amide bonds. The number of fused-ring (bicyclic) bond motifs is 3. The van der Waals surface area contributed by atoms with Gasteiger partial charge in [-0.05, 0) is 42.3 Å². The van der Waals surface area contributed by atoms with Gasteiger partial charge in [-0.1, -0.05) is 35.5 Å². The molecule has 3 N–H and O–H groups in total. The van der Waals surface area contributed by atoms with Crippen LogP contribution in [0, 0.1) is 5.41 Å². The quantitative estimate of drug-likeness (QED) is 0.365. The predicted molar refractivity (Wildman–Crippen MR) is 147 cm³/mol. The molecule has 39 heavy (non-hydrogen) atoms. The SMILES string of the molecule is O=C1NCCCn2cc(nn2)CC2(CCN(C(=O)c3cc4sccc4[nH]3)CC2)C(=O)N[C@H]1Cc1ccccc1. The van der Waals surface area contributed by atoms with Crippen LogP contribution in [0.5, 0.6) is 0 Å². The van der Waals surface area contributed by atoms with Gasteiger partial charge in [0.1, 0.15) is 11.7 Å². The van der Waals surface area contributed by atoms with E-state index in [9.17, 15) is 14.4 Å². The molecule has 0 saturated carbocycles. The third-order valence-corrected chi connectivity index (χ3v) is 8.70. The van der Waals surface area contributed by atoms with Gasteiger partial charge < -0.3 is 20.5 Å². The van der Waals surface area contributed by atoms with Gasteiger partial charge in [-0.2, -0.15) is 0 Å². The average molecular weight is 546 g/mol. The molecule has 1 spiro atoms. The van der Waals surface area contributed by atoms with Crippen LogP contribution < -0.4 is 10.6 Å². The highest BCUT2D eigenvalue weighted by Gasteiger charge is 2.44. The number of carbonyl (C=O) groups is 3. The van der Waals surface area contributed by atoms with E-state index in [0.29, 0.717) is 64.0 Å². The van der Waals surface area contributed by atoms with Crippen molar-refractivity contribution in [2.75, 3.05) is 19.6 Å². The third-order valence-electron chi connectivity index (χ3n) is 7.83. The van der Waals surface area contributed by atoms with Gasteiger partial charge in [0, 0.05) is 45.2 Å². The number of hydrogen-bond acceptors (Lipinski definition) is 6. The number of nitrogens with one attached hydrogen (secondary N) is 3. The summed E-state index contributed by atoms with van der Waals surface area (Å²) in [6.07, 6.45) is 4.33. The second-order valence-corrected chi connectivity index (χ2v) is 11.4. The van der Waals surface area contributed by atoms with Crippen LogP contribution in [0.25, 0.3) is 10.2 Å². The molecule has 0 unspecified atom stereocenters. The molecule has 4 aromatic rings. The van der Waals surface area contributed by atoms with E-state index >= 15 is 0 Å². The third kappa shape index (κ3) is 5.31. The molecule has 2 aliphatic heterocycles. The van der Waals surface area contributed by atoms with Crippen molar-refractivity contribution in [3.8, 4) is 0 Å². The molecule has 0 aliphatic carbocycles. The number of aromatic nitrogens is 4. The first kappa shape index (κ1) is 25.3. The van der Waals surface area contributed by atoms with Crippen LogP contribution in [0.4, 0.5) is 0 Å². The molecule has 5 heterocycles. The van der Waals surface area contributed by atoms with Crippen molar-refractivity contribution in [3.05, 3.63) is 71.0 Å². The number of H-pyrrole nitrogens is 1. The second-order valence-electron chi connectivity index (χ2n) is 10.5. The lowest BCUT2D eigenvalue weighted by atomic mass is 9.73. The molecular formula is C28H31N7O3S. The fraction of sp³-hybridized carbons (Fsp3) is 0.393. The number of aryl methyl sites for hydroxylation is 1. The van der Waals surface area contributed by atoms with Crippen LogP contribution in [0.1, 0.15) is 41.0 Å². The van der Waals surface area contributed by atoms with Crippen LogP contribution >= 0.6 is 11.3 Å². The molecule has 1 saturated heterocycles. The Kier molecular flexibility index (Phi) is 6.90. The number of hydrogen-bond donors (Lipinski definition) is 3. The monoisotopic (exact) mass is 545 g/mol. The highest BCUT2D eigenvalue weighted by atomic mass is 32.1. The van der Waals surface area contributed by atoms with Crippen LogP contribution in [0.15, 0.2) is 54.0 Å². The molecule has 1 aromatic carbocycles. The Morgan fingerprint density at radius 1 is 1.10 bits per heavy atom. The Morgan fingerprint density at radius 3 is 2.72 bits per heavy atom. The number of likely N-dealkylation sites (tertiary alicyclic amines) is 1. The molecule has 1 atom stereocenters. The molecule has 202 valence electrons. The van der Waals surface area contributed by atoms with Crippen LogP contribution in [-0.2, 0) is 29.0 Å². The van der Waals surface area contributed by atoms with E-state index in [2.05, 4.69) is 25.9 Å². The van der Waals surface area contributed by atoms with Crippen molar-refractivity contribution < 1.29 is 14.4 Å². The molecule has 0 radical (unpaired) electrons. The van der Waals surface area contributed by atoms with Crippen molar-refractivity contribution in [1.29, 1.82) is 0 Å². The first-order valence-electron chi connectivity index (χ1n) is 13.4. The van der Waals surface area contributed by atoms with Crippen molar-refractivity contribution in [3.63, 3.8) is 0 Å². The Morgan fingerprint density at radius 2 is 1.92 bits per heavy atom. The summed E-state index contributed by atoms with van der Waals surface area (Å²) < 4.78 is 2.81. The smallest absolute Gasteiger partial charge is 0.270 e. The summed E-state index contributed by atoms with van der Waals surface area (Å²) in [4.78, 5) is 45.5. The van der Waals surface area contributed by atoms with Gasteiger partial charge in [-0.25, -0.2) is 0 Å². The molecule has 10 nitrogen and oxygen atoms in total. The minimum atomic E-state index is -0.809. The fourth-order valence-electron chi connectivity index (χ4n) is 5.58. The number of piperidine rings is 1. The summed E-state index contributed by atoms with van der Waals surface area (Å²) in [7, 11) is 0. The Labute approximate surface area is 229 Å². The molecule has 6 rings (SSSR count). The van der Waals surface area contributed by atoms with E-state index in [4.69, 9.17) is 0 Å². The van der Waals surface area contributed by atoms with Crippen molar-refractivity contribution in [2.45, 2.75) is 44.7 Å². The van der Waals surface area contributed by atoms with E-state index in [1.807, 2.05) is 54.0 Å². The van der Waals surface area contributed by atoms with Crippen LogP contribution in [0.3, 0.4) is 0 Å². The Balaban J connectivity index is 1.24. The molecule has 11 heteroatoms. The Bertz CT molecular complexity index is 1450. The lowest BCUT2D eigenvalue weighted by molar-refractivity contribution is -0.137. The van der Waals surface area contributed by atoms with Crippen LogP contribution in [0.2, 0.25) is 0 Å². The normalized spacial score (nSPS) is 20.1. The van der Waals surface area contributed by atoms with E-state index in [-0.39, 0.29) is 17.7 Å². The zero-order chi connectivity index (χ0) is 26.8. The van der Waals surface area contributed by atoms with E-state index in [0.717, 1.165) is 21.5 Å². The summed E-state index contributed by atoms with van der Waals surface area (Å²) in [5.74, 6) is -0.440. The number of rotatable bonds is 3. The minimum Gasteiger partial charge on any atom is -0.354 e. The van der Waals surface area contributed by atoms with Gasteiger partial charge in [0.05, 0.1) is 21.3 Å². The maximum atomic E-state index is 14.0. The molecule has 2 bridgehead atoms. The van der Waals surface area contributed by atoms with Gasteiger partial charge >= 0.3 is 0 Å². The van der Waals surface area contributed by atoms with Gasteiger partial charge in [-0.3, -0.25) is 19.1 Å². The fourth-order valence-corrected chi connectivity index (χ4v) is 6.36. The summed E-state index contributed by atoms with van der Waals surface area (Å²) in [5.41, 5.74) is 2.43. The van der Waals surface area contributed by atoms with Crippen LogP contribution in [-0.4, -0.2) is 68.3 Å². The molecule has 2 aliphatic rings. The minimum absolute atomic E-state index is 0.0643. The van der Waals surface area contributed by atoms with Gasteiger partial charge in [0.15, 0.2) is 0 Å². The standard InChI is InChI=1S/C28H31N7O3S/c36-25-22(15-19-5-2-1-3-6-19)31-27(38)28(17-20-18-35(33-32-20)11-4-10-29-25)8-12-34(13-9-28)26(37)23-16-24-21(30-23)7-14-39-24/h1-3,5-7,14,16,18,22,30H,4,8-13,15,17H2,(H,29,36)(H,31,38)/t22-/m0/s1. The van der Waals surface area contributed by atoms with E-state index < -0.39 is 11.5 Å². The lowest BCUT2D eigenvalue weighted by Crippen LogP contribution is -2.56. The van der Waals surface area contributed by atoms with Gasteiger partial charge in [-0.15, -0.1) is 16.4 Å². The topological polar surface area (TPSA) is 125 Å². The first-order valence-corrected chi connectivity index (χ1v) is 14.2. The number of amides is 3. The largest absolute Gasteiger partial charge is 0.354 e. The summed E-state index contributed by atoms with van der Waals surface area (Å²) >= 11 is 1.59. The highest BCUT2D eigenvalue weighted by molar-refractivity contribution is 7.17. The average Bonchev–Trinajstić information content (AvgIpc) is 3.68. The summed E-state index contributed by atoms with van der Waals surface area (Å²) in [6, 6.07) is 12.9. The lowest BCUT2D eigenvalue weighted by Gasteiger charge is -2.41. The zero-order valence-corrected chi connectivity index (χ0v) is 22.4. The summed E-state index contributed by atoms with van der Waals surface area (Å²) in [5, 5.41) is 16.6. The maximum Gasteiger partial charge on any atom is 0.270 e. The van der Waals surface area contributed by atoms with Crippen molar-refractivity contribution >= 4 is 39.3 Å². The predicted octanol–water partition coefficient (Wildman–Crippen LogP) is 2.53. The van der Waals surface area contributed by atoms with Gasteiger partial charge in [0.25, 0.3) is 5.91 Å². The number of benzene rings is 1. The summed E-state index contributed by atoms with van der Waals surface area (Å²) in [6.45, 7) is 1.97. The number of thiophene rings is 1. The van der Waals surface area contributed by atoms with Gasteiger partial charge in [0.2, 0.25) is 11.8 Å². The number of aromatic amines is 1. The van der Waals surface area contributed by atoms with E-state index in [1.54, 1.807) is 20.9 Å².